The van der Waals surface area contributed by atoms with E-state index in [2.05, 4.69) is 4.90 Å². The Hall–Kier alpha value is -3.63. The van der Waals surface area contributed by atoms with Gasteiger partial charge in [0.25, 0.3) is 11.7 Å². The third-order valence-electron chi connectivity index (χ3n) is 6.81. The normalized spacial score (nSPS) is 19.5. The number of Topliss-reactive ketones (excluding diaryl/α,β-unsaturated/α-hetero) is 1. The van der Waals surface area contributed by atoms with Gasteiger partial charge in [0, 0.05) is 37.3 Å². The van der Waals surface area contributed by atoms with Crippen molar-refractivity contribution in [2.75, 3.05) is 53.6 Å². The van der Waals surface area contributed by atoms with Gasteiger partial charge in [-0.05, 0) is 44.5 Å². The van der Waals surface area contributed by atoms with Gasteiger partial charge >= 0.3 is 0 Å². The molecule has 2 aromatic carbocycles. The molecule has 2 saturated heterocycles. The van der Waals surface area contributed by atoms with Crippen molar-refractivity contribution >= 4 is 17.4 Å². The van der Waals surface area contributed by atoms with E-state index in [9.17, 15) is 19.1 Å². The highest BCUT2D eigenvalue weighted by Gasteiger charge is 2.47. The smallest absolute Gasteiger partial charge is 0.295 e. The first-order valence-corrected chi connectivity index (χ1v) is 13.0. The van der Waals surface area contributed by atoms with Crippen LogP contribution in [-0.2, 0) is 14.3 Å². The lowest BCUT2D eigenvalue weighted by atomic mass is 9.94. The monoisotopic (exact) mass is 542 g/mol. The van der Waals surface area contributed by atoms with Gasteiger partial charge in [-0.2, -0.15) is 0 Å². The summed E-state index contributed by atoms with van der Waals surface area (Å²) in [6.45, 7) is 7.44. The molecule has 2 aliphatic rings. The Morgan fingerprint density at radius 3 is 2.46 bits per heavy atom. The number of para-hydroxylation sites is 1. The van der Waals surface area contributed by atoms with Crippen molar-refractivity contribution < 1.29 is 38.0 Å². The van der Waals surface area contributed by atoms with Gasteiger partial charge in [0.05, 0.1) is 45.2 Å². The Kier molecular flexibility index (Phi) is 9.08. The number of ether oxygens (including phenoxy) is 4. The largest absolute Gasteiger partial charge is 0.507 e. The van der Waals surface area contributed by atoms with Crippen LogP contribution in [0.1, 0.15) is 37.4 Å². The molecule has 0 aromatic heterocycles. The van der Waals surface area contributed by atoms with E-state index in [1.165, 1.54) is 31.3 Å². The second kappa shape index (κ2) is 12.5. The highest BCUT2D eigenvalue weighted by molar-refractivity contribution is 6.46. The number of halogens is 1. The minimum absolute atomic E-state index is 0.0242. The molecule has 0 aliphatic carbocycles. The number of carbonyl (C=O) groups is 2. The van der Waals surface area contributed by atoms with Crippen molar-refractivity contribution in [1.29, 1.82) is 0 Å². The SMILES string of the molecule is COc1cccc([C@@H]2C(=C(O)c3ccc(OC(C)C)c(F)c3)C(=O)C(=O)N2CCCN2CCOCC2)c1OC. The number of hydrogen-bond donors (Lipinski definition) is 1. The maximum absolute atomic E-state index is 14.8. The third kappa shape index (κ3) is 6.02. The fraction of sp³-hybridized carbons (Fsp3) is 0.448. The fourth-order valence-electron chi connectivity index (χ4n) is 5.00. The first kappa shape index (κ1) is 28.4. The molecule has 1 atom stereocenters. The summed E-state index contributed by atoms with van der Waals surface area (Å²) in [5.41, 5.74) is 0.390. The van der Waals surface area contributed by atoms with Gasteiger partial charge in [0.1, 0.15) is 5.76 Å². The van der Waals surface area contributed by atoms with Crippen molar-refractivity contribution in [3.63, 3.8) is 0 Å². The van der Waals surface area contributed by atoms with Gasteiger partial charge in [-0.3, -0.25) is 14.5 Å². The van der Waals surface area contributed by atoms with E-state index in [4.69, 9.17) is 18.9 Å². The molecule has 0 radical (unpaired) electrons. The number of aliphatic hydroxyl groups excluding tert-OH is 1. The lowest BCUT2D eigenvalue weighted by Crippen LogP contribution is -2.39. The summed E-state index contributed by atoms with van der Waals surface area (Å²) in [5, 5.41) is 11.4. The zero-order valence-electron chi connectivity index (χ0n) is 22.7. The van der Waals surface area contributed by atoms with Crippen LogP contribution in [0.2, 0.25) is 0 Å². The average Bonchev–Trinajstić information content (AvgIpc) is 3.18. The van der Waals surface area contributed by atoms with Gasteiger partial charge in [-0.25, -0.2) is 4.39 Å². The van der Waals surface area contributed by atoms with E-state index < -0.39 is 29.3 Å². The molecule has 1 amide bonds. The summed E-state index contributed by atoms with van der Waals surface area (Å²) < 4.78 is 36.8. The minimum Gasteiger partial charge on any atom is -0.507 e. The standard InChI is InChI=1S/C29H35FN2O7/c1-18(2)39-22-10-9-19(17-21(22)30)26(33)24-25(20-7-5-8-23(36-3)28(20)37-4)32(29(35)27(24)34)12-6-11-31-13-15-38-16-14-31/h5,7-10,17-18,25,33H,6,11-16H2,1-4H3/t25-/m1/s1. The van der Waals surface area contributed by atoms with Crippen molar-refractivity contribution in [1.82, 2.24) is 9.80 Å². The molecular weight excluding hydrogens is 507 g/mol. The van der Waals surface area contributed by atoms with E-state index in [-0.39, 0.29) is 29.5 Å². The van der Waals surface area contributed by atoms with E-state index >= 15 is 0 Å². The summed E-state index contributed by atoms with van der Waals surface area (Å²) >= 11 is 0. The predicted octanol–water partition coefficient (Wildman–Crippen LogP) is 3.77. The number of ketones is 1. The average molecular weight is 543 g/mol. The highest BCUT2D eigenvalue weighted by Crippen LogP contribution is 2.45. The third-order valence-corrected chi connectivity index (χ3v) is 6.81. The number of morpholine rings is 1. The Morgan fingerprint density at radius 1 is 1.08 bits per heavy atom. The number of amides is 1. The molecule has 9 nitrogen and oxygen atoms in total. The summed E-state index contributed by atoms with van der Waals surface area (Å²) in [4.78, 5) is 30.4. The van der Waals surface area contributed by atoms with Crippen LogP contribution in [0.25, 0.3) is 5.76 Å². The van der Waals surface area contributed by atoms with Gasteiger partial charge in [0.2, 0.25) is 0 Å². The second-order valence-electron chi connectivity index (χ2n) is 9.69. The number of rotatable bonds is 10. The number of aliphatic hydroxyl groups is 1. The summed E-state index contributed by atoms with van der Waals surface area (Å²) in [6, 6.07) is 8.14. The highest BCUT2D eigenvalue weighted by atomic mass is 19.1. The quantitative estimate of drug-likeness (QED) is 0.275. The van der Waals surface area contributed by atoms with Gasteiger partial charge in [-0.15, -0.1) is 0 Å². The van der Waals surface area contributed by atoms with E-state index in [0.717, 1.165) is 25.7 Å². The molecule has 2 fully saturated rings. The molecule has 0 saturated carbocycles. The summed E-state index contributed by atoms with van der Waals surface area (Å²) in [5.74, 6) is -1.99. The number of benzene rings is 2. The maximum Gasteiger partial charge on any atom is 0.295 e. The van der Waals surface area contributed by atoms with Crippen molar-refractivity contribution in [3.05, 3.63) is 58.9 Å². The Balaban J connectivity index is 1.76. The molecule has 10 heteroatoms. The lowest BCUT2D eigenvalue weighted by molar-refractivity contribution is -0.140. The van der Waals surface area contributed by atoms with Crippen LogP contribution >= 0.6 is 0 Å². The first-order chi connectivity index (χ1) is 18.8. The van der Waals surface area contributed by atoms with E-state index in [1.54, 1.807) is 32.0 Å². The number of carbonyl (C=O) groups excluding carboxylic acids is 2. The number of nitrogens with zero attached hydrogens (tertiary/aromatic N) is 2. The van der Waals surface area contributed by atoms with Gasteiger partial charge < -0.3 is 29.0 Å². The molecule has 4 rings (SSSR count). The number of likely N-dealkylation sites (tertiary alicyclic amines) is 1. The fourth-order valence-corrected chi connectivity index (χ4v) is 5.00. The molecule has 210 valence electrons. The molecule has 0 bridgehead atoms. The van der Waals surface area contributed by atoms with Crippen LogP contribution in [0.5, 0.6) is 17.2 Å². The van der Waals surface area contributed by atoms with Crippen molar-refractivity contribution in [2.45, 2.75) is 32.4 Å². The molecule has 0 spiro atoms. The van der Waals surface area contributed by atoms with Crippen LogP contribution < -0.4 is 14.2 Å². The van der Waals surface area contributed by atoms with Crippen molar-refractivity contribution in [2.24, 2.45) is 0 Å². The topological polar surface area (TPSA) is 97.8 Å². The van der Waals surface area contributed by atoms with Crippen LogP contribution in [0.15, 0.2) is 42.0 Å². The molecule has 2 heterocycles. The molecule has 1 N–H and O–H groups in total. The van der Waals surface area contributed by atoms with E-state index in [0.29, 0.717) is 36.7 Å². The first-order valence-electron chi connectivity index (χ1n) is 13.0. The number of methoxy groups -OCH3 is 2. The Labute approximate surface area is 227 Å². The van der Waals surface area contributed by atoms with Crippen LogP contribution in [0.3, 0.4) is 0 Å². The molecular formula is C29H35FN2O7. The van der Waals surface area contributed by atoms with E-state index in [1.807, 2.05) is 0 Å². The molecule has 0 unspecified atom stereocenters. The van der Waals surface area contributed by atoms with Gasteiger partial charge in [0.15, 0.2) is 23.1 Å². The molecule has 39 heavy (non-hydrogen) atoms. The summed E-state index contributed by atoms with van der Waals surface area (Å²) in [7, 11) is 2.96. The lowest BCUT2D eigenvalue weighted by Gasteiger charge is -2.30. The van der Waals surface area contributed by atoms with Crippen LogP contribution in [0.4, 0.5) is 4.39 Å². The van der Waals surface area contributed by atoms with Crippen LogP contribution in [-0.4, -0.2) is 86.3 Å². The Morgan fingerprint density at radius 2 is 1.82 bits per heavy atom. The van der Waals surface area contributed by atoms with Crippen LogP contribution in [0, 0.1) is 5.82 Å². The maximum atomic E-state index is 14.8. The predicted molar refractivity (Wildman–Crippen MR) is 143 cm³/mol. The Bertz CT molecular complexity index is 1240. The number of hydrogen-bond acceptors (Lipinski definition) is 8. The minimum atomic E-state index is -0.964. The summed E-state index contributed by atoms with van der Waals surface area (Å²) in [6.07, 6.45) is 0.355. The zero-order valence-corrected chi connectivity index (χ0v) is 22.7. The van der Waals surface area contributed by atoms with Gasteiger partial charge in [-0.1, -0.05) is 12.1 Å². The zero-order chi connectivity index (χ0) is 28.1. The van der Waals surface area contributed by atoms with Crippen molar-refractivity contribution in [3.8, 4) is 17.2 Å². The molecule has 2 aliphatic heterocycles. The molecule has 2 aromatic rings. The second-order valence-corrected chi connectivity index (χ2v) is 9.69.